The second kappa shape index (κ2) is 10.8. The molecule has 7 heteroatoms. The average molecular weight is 300 g/mol. The van der Waals surface area contributed by atoms with Crippen molar-refractivity contribution in [2.24, 2.45) is 5.92 Å². The topological polar surface area (TPSA) is 102 Å². The first-order valence-electron chi connectivity index (χ1n) is 6.95. The van der Waals surface area contributed by atoms with Crippen molar-refractivity contribution in [1.29, 1.82) is 0 Å². The Labute approximate surface area is 124 Å². The zero-order valence-electron chi connectivity index (χ0n) is 12.7. The normalized spacial score (nSPS) is 12.8. The van der Waals surface area contributed by atoms with Crippen LogP contribution in [0.15, 0.2) is 18.7 Å². The van der Waals surface area contributed by atoms with Crippen LogP contribution in [0.5, 0.6) is 0 Å². The van der Waals surface area contributed by atoms with E-state index in [0.29, 0.717) is 0 Å². The fourth-order valence-electron chi connectivity index (χ4n) is 1.51. The minimum Gasteiger partial charge on any atom is -0.481 e. The summed E-state index contributed by atoms with van der Waals surface area (Å²) in [6, 6.07) is 0. The molecule has 1 aromatic rings. The van der Waals surface area contributed by atoms with Gasteiger partial charge in [-0.1, -0.05) is 33.1 Å². The Kier molecular flexibility index (Phi) is 9.87. The molecular weight excluding hydrogens is 276 g/mol. The number of imidazole rings is 1. The van der Waals surface area contributed by atoms with Gasteiger partial charge in [-0.2, -0.15) is 0 Å². The highest BCUT2D eigenvalue weighted by atomic mass is 16.6. The highest BCUT2D eigenvalue weighted by Gasteiger charge is 2.19. The molecule has 0 fully saturated rings. The number of aromatic nitrogens is 2. The van der Waals surface area contributed by atoms with Gasteiger partial charge in [-0.25, -0.2) is 14.3 Å². The molecule has 21 heavy (non-hydrogen) atoms. The number of aliphatic hydroxyl groups is 1. The number of carboxylic acids is 1. The molecule has 0 aromatic carbocycles. The summed E-state index contributed by atoms with van der Waals surface area (Å²) in [5, 5.41) is 17.1. The molecule has 0 saturated carbocycles. The fourth-order valence-corrected chi connectivity index (χ4v) is 1.51. The van der Waals surface area contributed by atoms with Crippen molar-refractivity contribution in [1.82, 2.24) is 9.55 Å². The third kappa shape index (κ3) is 9.61. The number of ether oxygens (including phenoxy) is 1. The maximum absolute atomic E-state index is 11.5. The summed E-state index contributed by atoms with van der Waals surface area (Å²) in [6.45, 7) is 5.09. The summed E-state index contributed by atoms with van der Waals surface area (Å²) in [6.07, 6.45) is 6.82. The molecule has 0 spiro atoms. The Morgan fingerprint density at radius 2 is 2.00 bits per heavy atom. The van der Waals surface area contributed by atoms with E-state index in [9.17, 15) is 9.90 Å². The number of carbonyl (C=O) groups is 2. The van der Waals surface area contributed by atoms with Crippen LogP contribution in [-0.2, 0) is 9.53 Å². The van der Waals surface area contributed by atoms with Crippen molar-refractivity contribution in [3.05, 3.63) is 18.7 Å². The van der Waals surface area contributed by atoms with E-state index in [1.807, 2.05) is 6.92 Å². The summed E-state index contributed by atoms with van der Waals surface area (Å²) in [5.41, 5.74) is 0. The van der Waals surface area contributed by atoms with Crippen LogP contribution in [0.3, 0.4) is 0 Å². The van der Waals surface area contributed by atoms with Crippen molar-refractivity contribution >= 4 is 12.1 Å². The molecule has 0 saturated heterocycles. The summed E-state index contributed by atoms with van der Waals surface area (Å²) >= 11 is 0. The molecule has 0 bridgehead atoms. The van der Waals surface area contributed by atoms with Crippen molar-refractivity contribution in [3.8, 4) is 0 Å². The van der Waals surface area contributed by atoms with Gasteiger partial charge in [0.1, 0.15) is 6.33 Å². The first-order valence-corrected chi connectivity index (χ1v) is 6.95. The standard InChI is InChI=1S/C12H20N2O3.C2H4O2/c1-3-4-5-6-10(2)11(15)17-12(16)14-8-7-13-9-14;1-2(3)4/h7-11,15H,3-6H2,1-2H3;1H3,(H,3,4). The molecule has 7 nitrogen and oxygen atoms in total. The van der Waals surface area contributed by atoms with E-state index in [2.05, 4.69) is 11.9 Å². The van der Waals surface area contributed by atoms with Crippen LogP contribution in [-0.4, -0.2) is 38.1 Å². The Hall–Kier alpha value is -1.89. The lowest BCUT2D eigenvalue weighted by Gasteiger charge is -2.18. The monoisotopic (exact) mass is 300 g/mol. The van der Waals surface area contributed by atoms with E-state index in [4.69, 9.17) is 14.6 Å². The Morgan fingerprint density at radius 1 is 1.38 bits per heavy atom. The first-order chi connectivity index (χ1) is 9.88. The molecule has 0 aliphatic rings. The molecule has 0 aliphatic carbocycles. The van der Waals surface area contributed by atoms with Crippen LogP contribution in [0, 0.1) is 5.92 Å². The molecule has 2 atom stereocenters. The Morgan fingerprint density at radius 3 is 2.48 bits per heavy atom. The van der Waals surface area contributed by atoms with E-state index < -0.39 is 18.4 Å². The summed E-state index contributed by atoms with van der Waals surface area (Å²) in [5.74, 6) is -0.881. The van der Waals surface area contributed by atoms with Crippen molar-refractivity contribution in [2.45, 2.75) is 52.7 Å². The SMILES string of the molecule is CC(=O)O.CCCCCC(C)C(O)OC(=O)n1ccnc1. The second-order valence-corrected chi connectivity index (χ2v) is 4.74. The second-order valence-electron chi connectivity index (χ2n) is 4.74. The minimum atomic E-state index is -1.05. The largest absolute Gasteiger partial charge is 0.481 e. The lowest BCUT2D eigenvalue weighted by molar-refractivity contribution is -0.134. The Bertz CT molecular complexity index is 402. The van der Waals surface area contributed by atoms with Crippen molar-refractivity contribution < 1.29 is 24.5 Å². The van der Waals surface area contributed by atoms with E-state index in [1.54, 1.807) is 0 Å². The third-order valence-corrected chi connectivity index (χ3v) is 2.69. The van der Waals surface area contributed by atoms with E-state index in [1.165, 1.54) is 23.3 Å². The van der Waals surface area contributed by atoms with Gasteiger partial charge in [0, 0.05) is 25.2 Å². The van der Waals surface area contributed by atoms with Gasteiger partial charge in [-0.3, -0.25) is 4.79 Å². The molecule has 1 rings (SSSR count). The maximum Gasteiger partial charge on any atom is 0.421 e. The zero-order valence-corrected chi connectivity index (χ0v) is 12.7. The van der Waals surface area contributed by atoms with E-state index >= 15 is 0 Å². The highest BCUT2D eigenvalue weighted by molar-refractivity contribution is 5.70. The number of carbonyl (C=O) groups excluding carboxylic acids is 1. The van der Waals surface area contributed by atoms with Gasteiger partial charge < -0.3 is 14.9 Å². The smallest absolute Gasteiger partial charge is 0.421 e. The molecule has 0 amide bonds. The van der Waals surface area contributed by atoms with Gasteiger partial charge >= 0.3 is 6.09 Å². The molecule has 0 radical (unpaired) electrons. The van der Waals surface area contributed by atoms with Crippen LogP contribution in [0.1, 0.15) is 46.5 Å². The predicted octanol–water partition coefficient (Wildman–Crippen LogP) is 2.49. The molecule has 120 valence electrons. The summed E-state index contributed by atoms with van der Waals surface area (Å²) in [7, 11) is 0. The lowest BCUT2D eigenvalue weighted by Crippen LogP contribution is -2.27. The number of aliphatic hydroxyl groups excluding tert-OH is 1. The first kappa shape index (κ1) is 19.1. The molecule has 0 aliphatic heterocycles. The number of nitrogens with zero attached hydrogens (tertiary/aromatic N) is 2. The predicted molar refractivity (Wildman–Crippen MR) is 76.7 cm³/mol. The van der Waals surface area contributed by atoms with Crippen LogP contribution in [0.2, 0.25) is 0 Å². The number of hydrogen-bond donors (Lipinski definition) is 2. The molecule has 2 N–H and O–H groups in total. The number of unbranched alkanes of at least 4 members (excludes halogenated alkanes) is 2. The average Bonchev–Trinajstić information content (AvgIpc) is 2.92. The van der Waals surface area contributed by atoms with E-state index in [-0.39, 0.29) is 5.92 Å². The third-order valence-electron chi connectivity index (χ3n) is 2.69. The van der Waals surface area contributed by atoms with Gasteiger partial charge in [0.05, 0.1) is 0 Å². The van der Waals surface area contributed by atoms with E-state index in [0.717, 1.165) is 32.6 Å². The number of hydrogen-bond acceptors (Lipinski definition) is 5. The number of aliphatic carboxylic acids is 1. The van der Waals surface area contributed by atoms with Crippen molar-refractivity contribution in [2.75, 3.05) is 0 Å². The molecule has 2 unspecified atom stereocenters. The minimum absolute atomic E-state index is 0.0472. The van der Waals surface area contributed by atoms with Crippen LogP contribution in [0.25, 0.3) is 0 Å². The van der Waals surface area contributed by atoms with Crippen LogP contribution >= 0.6 is 0 Å². The number of carboxylic acid groups (broad SMARTS) is 1. The van der Waals surface area contributed by atoms with Crippen LogP contribution in [0.4, 0.5) is 4.79 Å². The highest BCUT2D eigenvalue weighted by Crippen LogP contribution is 2.14. The quantitative estimate of drug-likeness (QED) is 0.618. The summed E-state index contributed by atoms with van der Waals surface area (Å²) < 4.78 is 6.12. The van der Waals surface area contributed by atoms with Crippen LogP contribution < -0.4 is 0 Å². The van der Waals surface area contributed by atoms with Gasteiger partial charge in [-0.15, -0.1) is 0 Å². The van der Waals surface area contributed by atoms with Gasteiger partial charge in [0.15, 0.2) is 0 Å². The summed E-state index contributed by atoms with van der Waals surface area (Å²) in [4.78, 5) is 24.2. The van der Waals surface area contributed by atoms with Gasteiger partial charge in [0.25, 0.3) is 5.97 Å². The van der Waals surface area contributed by atoms with Crippen molar-refractivity contribution in [3.63, 3.8) is 0 Å². The molecule has 1 heterocycles. The van der Waals surface area contributed by atoms with Gasteiger partial charge in [0.2, 0.25) is 6.29 Å². The number of rotatable bonds is 6. The molecule has 1 aromatic heterocycles. The zero-order chi connectivity index (χ0) is 16.3. The lowest BCUT2D eigenvalue weighted by atomic mass is 10.0. The fraction of sp³-hybridized carbons (Fsp3) is 0.643. The Balaban J connectivity index is 0.000000885. The maximum atomic E-state index is 11.5. The van der Waals surface area contributed by atoms with Gasteiger partial charge in [-0.05, 0) is 6.42 Å². The molecular formula is C14H24N2O5.